The fourth-order valence-electron chi connectivity index (χ4n) is 2.32. The molecule has 1 atom stereocenters. The average molecular weight is 205 g/mol. The molecule has 1 aliphatic rings. The molecule has 0 bridgehead atoms. The molecule has 82 valence electrons. The van der Waals surface area contributed by atoms with Crippen LogP contribution < -0.4 is 5.32 Å². The number of aromatic hydroxyl groups is 1. The number of benzene rings is 1. The van der Waals surface area contributed by atoms with Gasteiger partial charge in [0.2, 0.25) is 0 Å². The van der Waals surface area contributed by atoms with Crippen molar-refractivity contribution in [2.45, 2.75) is 38.6 Å². The van der Waals surface area contributed by atoms with E-state index in [0.717, 1.165) is 19.4 Å². The monoisotopic (exact) mass is 205 g/mol. The van der Waals surface area contributed by atoms with Gasteiger partial charge in [0, 0.05) is 6.04 Å². The standard InChI is InChI=1S/C13H19NO/c1-2-8-14-13-5-3-4-10-6-7-11(15)9-12(10)13/h6-7,9,13-15H,2-5,8H2,1H3. The zero-order chi connectivity index (χ0) is 10.7. The molecule has 0 fully saturated rings. The Kier molecular flexibility index (Phi) is 3.27. The van der Waals surface area contributed by atoms with Crippen LogP contribution in [0.25, 0.3) is 0 Å². The average Bonchev–Trinajstić information content (AvgIpc) is 2.26. The number of rotatable bonds is 3. The summed E-state index contributed by atoms with van der Waals surface area (Å²) in [5.74, 6) is 0.388. The Morgan fingerprint density at radius 1 is 1.47 bits per heavy atom. The molecule has 1 unspecified atom stereocenters. The number of aryl methyl sites for hydroxylation is 1. The van der Waals surface area contributed by atoms with Crippen LogP contribution in [0.5, 0.6) is 5.75 Å². The van der Waals surface area contributed by atoms with Crippen LogP contribution in [-0.2, 0) is 6.42 Å². The van der Waals surface area contributed by atoms with Crippen molar-refractivity contribution in [2.24, 2.45) is 0 Å². The van der Waals surface area contributed by atoms with Crippen molar-refractivity contribution in [1.82, 2.24) is 5.32 Å². The lowest BCUT2D eigenvalue weighted by atomic mass is 9.87. The molecule has 15 heavy (non-hydrogen) atoms. The summed E-state index contributed by atoms with van der Waals surface area (Å²) in [6, 6.07) is 6.22. The minimum Gasteiger partial charge on any atom is -0.508 e. The molecule has 2 rings (SSSR count). The maximum absolute atomic E-state index is 9.50. The van der Waals surface area contributed by atoms with Gasteiger partial charge in [0.15, 0.2) is 0 Å². The van der Waals surface area contributed by atoms with Crippen LogP contribution in [0.15, 0.2) is 18.2 Å². The molecule has 2 heteroatoms. The Hall–Kier alpha value is -1.02. The number of hydrogen-bond acceptors (Lipinski definition) is 2. The van der Waals surface area contributed by atoms with E-state index in [4.69, 9.17) is 0 Å². The van der Waals surface area contributed by atoms with E-state index in [9.17, 15) is 5.11 Å². The van der Waals surface area contributed by atoms with Crippen LogP contribution in [0.4, 0.5) is 0 Å². The molecule has 0 saturated heterocycles. The van der Waals surface area contributed by atoms with Crippen LogP contribution >= 0.6 is 0 Å². The fourth-order valence-corrected chi connectivity index (χ4v) is 2.32. The van der Waals surface area contributed by atoms with Crippen molar-refractivity contribution in [3.63, 3.8) is 0 Å². The van der Waals surface area contributed by atoms with Crippen LogP contribution in [0.3, 0.4) is 0 Å². The van der Waals surface area contributed by atoms with Gasteiger partial charge < -0.3 is 10.4 Å². The van der Waals surface area contributed by atoms with Crippen LogP contribution in [0.1, 0.15) is 43.4 Å². The van der Waals surface area contributed by atoms with Gasteiger partial charge in [0.25, 0.3) is 0 Å². The Morgan fingerprint density at radius 2 is 2.33 bits per heavy atom. The van der Waals surface area contributed by atoms with Crippen molar-refractivity contribution >= 4 is 0 Å². The third-order valence-corrected chi connectivity index (χ3v) is 3.08. The summed E-state index contributed by atoms with van der Waals surface area (Å²) < 4.78 is 0. The quantitative estimate of drug-likeness (QED) is 0.795. The van der Waals surface area contributed by atoms with Gasteiger partial charge >= 0.3 is 0 Å². The zero-order valence-electron chi connectivity index (χ0n) is 9.29. The van der Waals surface area contributed by atoms with E-state index in [1.54, 1.807) is 6.07 Å². The first-order chi connectivity index (χ1) is 7.31. The van der Waals surface area contributed by atoms with Gasteiger partial charge in [0.1, 0.15) is 5.75 Å². The third-order valence-electron chi connectivity index (χ3n) is 3.08. The highest BCUT2D eigenvalue weighted by atomic mass is 16.3. The Labute approximate surface area is 91.3 Å². The predicted molar refractivity (Wildman–Crippen MR) is 62.1 cm³/mol. The first kappa shape index (κ1) is 10.5. The maximum atomic E-state index is 9.50. The summed E-state index contributed by atoms with van der Waals surface area (Å²) in [6.07, 6.45) is 4.75. The normalized spacial score (nSPS) is 19.9. The second-order valence-electron chi connectivity index (χ2n) is 4.28. The van der Waals surface area contributed by atoms with Gasteiger partial charge in [-0.15, -0.1) is 0 Å². The lowest BCUT2D eigenvalue weighted by Crippen LogP contribution is -2.25. The van der Waals surface area contributed by atoms with Crippen LogP contribution in [0.2, 0.25) is 0 Å². The van der Waals surface area contributed by atoms with E-state index in [1.165, 1.54) is 24.0 Å². The number of nitrogens with one attached hydrogen (secondary N) is 1. The molecule has 1 aromatic rings. The Balaban J connectivity index is 2.20. The molecule has 1 aliphatic carbocycles. The third kappa shape index (κ3) is 2.32. The lowest BCUT2D eigenvalue weighted by molar-refractivity contribution is 0.447. The number of phenols is 1. The molecule has 0 aliphatic heterocycles. The highest BCUT2D eigenvalue weighted by Crippen LogP contribution is 2.31. The zero-order valence-corrected chi connectivity index (χ0v) is 9.29. The van der Waals surface area contributed by atoms with E-state index in [2.05, 4.69) is 18.3 Å². The van der Waals surface area contributed by atoms with Gasteiger partial charge in [-0.3, -0.25) is 0 Å². The molecular formula is C13H19NO. The van der Waals surface area contributed by atoms with Gasteiger partial charge in [0.05, 0.1) is 0 Å². The molecule has 0 radical (unpaired) electrons. The molecule has 0 saturated carbocycles. The molecule has 0 amide bonds. The summed E-state index contributed by atoms with van der Waals surface area (Å²) in [5.41, 5.74) is 2.70. The Morgan fingerprint density at radius 3 is 3.13 bits per heavy atom. The van der Waals surface area contributed by atoms with Crippen LogP contribution in [-0.4, -0.2) is 11.7 Å². The molecule has 2 nitrogen and oxygen atoms in total. The molecule has 0 heterocycles. The minimum atomic E-state index is 0.388. The largest absolute Gasteiger partial charge is 0.508 e. The predicted octanol–water partition coefficient (Wildman–Crippen LogP) is 2.77. The highest BCUT2D eigenvalue weighted by molar-refractivity contribution is 5.38. The highest BCUT2D eigenvalue weighted by Gasteiger charge is 2.19. The van der Waals surface area contributed by atoms with Crippen molar-refractivity contribution < 1.29 is 5.11 Å². The summed E-state index contributed by atoms with van der Waals surface area (Å²) in [5, 5.41) is 13.0. The van der Waals surface area contributed by atoms with E-state index < -0.39 is 0 Å². The number of hydrogen-bond donors (Lipinski definition) is 2. The van der Waals surface area contributed by atoms with E-state index in [-0.39, 0.29) is 0 Å². The van der Waals surface area contributed by atoms with Gasteiger partial charge in [-0.25, -0.2) is 0 Å². The number of fused-ring (bicyclic) bond motifs is 1. The topological polar surface area (TPSA) is 32.3 Å². The van der Waals surface area contributed by atoms with E-state index in [0.29, 0.717) is 11.8 Å². The molecule has 1 aromatic carbocycles. The van der Waals surface area contributed by atoms with Gasteiger partial charge in [-0.05, 0) is 55.5 Å². The lowest BCUT2D eigenvalue weighted by Gasteiger charge is -2.26. The molecule has 0 aromatic heterocycles. The van der Waals surface area contributed by atoms with Crippen molar-refractivity contribution in [2.75, 3.05) is 6.54 Å². The molecule has 2 N–H and O–H groups in total. The fraction of sp³-hybridized carbons (Fsp3) is 0.538. The molecule has 0 spiro atoms. The first-order valence-corrected chi connectivity index (χ1v) is 5.86. The maximum Gasteiger partial charge on any atom is 0.115 e. The van der Waals surface area contributed by atoms with Gasteiger partial charge in [-0.2, -0.15) is 0 Å². The van der Waals surface area contributed by atoms with Gasteiger partial charge in [-0.1, -0.05) is 13.0 Å². The van der Waals surface area contributed by atoms with Crippen molar-refractivity contribution in [3.05, 3.63) is 29.3 Å². The van der Waals surface area contributed by atoms with Crippen LogP contribution in [0, 0.1) is 0 Å². The summed E-state index contributed by atoms with van der Waals surface area (Å²) in [6.45, 7) is 3.24. The minimum absolute atomic E-state index is 0.388. The van der Waals surface area contributed by atoms with Crippen molar-refractivity contribution in [3.8, 4) is 5.75 Å². The summed E-state index contributed by atoms with van der Waals surface area (Å²) in [4.78, 5) is 0. The first-order valence-electron chi connectivity index (χ1n) is 5.86. The SMILES string of the molecule is CCCNC1CCCc2ccc(O)cc21. The molecular weight excluding hydrogens is 186 g/mol. The smallest absolute Gasteiger partial charge is 0.115 e. The van der Waals surface area contributed by atoms with E-state index in [1.807, 2.05) is 6.07 Å². The number of phenolic OH excluding ortho intramolecular Hbond substituents is 1. The summed E-state index contributed by atoms with van der Waals surface area (Å²) in [7, 11) is 0. The Bertz CT molecular complexity index is 335. The van der Waals surface area contributed by atoms with E-state index >= 15 is 0 Å². The second kappa shape index (κ2) is 4.67. The second-order valence-corrected chi connectivity index (χ2v) is 4.28. The van der Waals surface area contributed by atoms with Crippen molar-refractivity contribution in [1.29, 1.82) is 0 Å². The summed E-state index contributed by atoms with van der Waals surface area (Å²) >= 11 is 0.